The number of carbonyl (C=O) groups is 1. The van der Waals surface area contributed by atoms with E-state index >= 15 is 0 Å². The molecule has 0 fully saturated rings. The van der Waals surface area contributed by atoms with Crippen LogP contribution in [0, 0.1) is 0 Å². The average Bonchev–Trinajstić information content (AvgIpc) is 3.12. The van der Waals surface area contributed by atoms with Gasteiger partial charge >= 0.3 is 12.8 Å². The molecule has 7 nitrogen and oxygen atoms in total. The Kier molecular flexibility index (Phi) is 6.37. The third-order valence-corrected chi connectivity index (χ3v) is 4.05. The van der Waals surface area contributed by atoms with Crippen molar-refractivity contribution in [2.24, 2.45) is 0 Å². The van der Waals surface area contributed by atoms with Crippen molar-refractivity contribution in [1.29, 1.82) is 0 Å². The molecule has 0 atom stereocenters. The number of hydrogen-bond acceptors (Lipinski definition) is 5. The Balaban J connectivity index is 1.67. The second kappa shape index (κ2) is 8.98. The van der Waals surface area contributed by atoms with E-state index in [1.165, 1.54) is 37.5 Å². The van der Waals surface area contributed by atoms with Crippen molar-refractivity contribution in [2.45, 2.75) is 19.3 Å². The monoisotopic (exact) mass is 442 g/mol. The predicted molar refractivity (Wildman–Crippen MR) is 98.5 cm³/mol. The van der Waals surface area contributed by atoms with Gasteiger partial charge in [-0.3, -0.25) is 9.20 Å². The first kappa shape index (κ1) is 22.0. The van der Waals surface area contributed by atoms with Crippen LogP contribution in [0.3, 0.4) is 0 Å². The third kappa shape index (κ3) is 5.47. The highest BCUT2D eigenvalue weighted by Crippen LogP contribution is 2.30. The fourth-order valence-electron chi connectivity index (χ4n) is 2.60. The molecule has 164 valence electrons. The highest BCUT2D eigenvalue weighted by atomic mass is 19.4. The SMILES string of the molecule is COc1cc(C=CC(=O)NCc2nnc3ccc(C(F)(F)F)cn23)ccc1OC(F)F. The lowest BCUT2D eigenvalue weighted by Crippen LogP contribution is -2.21. The van der Waals surface area contributed by atoms with Crippen LogP contribution in [0.2, 0.25) is 0 Å². The van der Waals surface area contributed by atoms with Crippen LogP contribution in [0.5, 0.6) is 11.5 Å². The Hall–Kier alpha value is -3.70. The lowest BCUT2D eigenvalue weighted by molar-refractivity contribution is -0.137. The molecule has 0 aliphatic rings. The smallest absolute Gasteiger partial charge is 0.417 e. The van der Waals surface area contributed by atoms with E-state index in [0.717, 1.165) is 22.7 Å². The van der Waals surface area contributed by atoms with Crippen molar-refractivity contribution in [1.82, 2.24) is 19.9 Å². The highest BCUT2D eigenvalue weighted by Gasteiger charge is 2.31. The maximum atomic E-state index is 12.9. The second-order valence-corrected chi connectivity index (χ2v) is 6.10. The fourth-order valence-corrected chi connectivity index (χ4v) is 2.60. The van der Waals surface area contributed by atoms with Crippen LogP contribution in [0.4, 0.5) is 22.0 Å². The van der Waals surface area contributed by atoms with Crippen molar-refractivity contribution in [2.75, 3.05) is 7.11 Å². The number of carbonyl (C=O) groups excluding carboxylic acids is 1. The molecule has 0 aliphatic heterocycles. The van der Waals surface area contributed by atoms with Crippen molar-refractivity contribution >= 4 is 17.6 Å². The minimum atomic E-state index is -4.53. The summed E-state index contributed by atoms with van der Waals surface area (Å²) in [4.78, 5) is 12.1. The first-order valence-corrected chi connectivity index (χ1v) is 8.67. The molecule has 1 amide bonds. The molecule has 1 N–H and O–H groups in total. The molecular formula is C19H15F5N4O3. The number of alkyl halides is 5. The van der Waals surface area contributed by atoms with E-state index in [0.29, 0.717) is 5.56 Å². The van der Waals surface area contributed by atoms with Crippen molar-refractivity contribution in [3.8, 4) is 11.5 Å². The number of nitrogens with one attached hydrogen (secondary N) is 1. The van der Waals surface area contributed by atoms with Crippen LogP contribution >= 0.6 is 0 Å². The number of ether oxygens (including phenoxy) is 2. The van der Waals surface area contributed by atoms with Gasteiger partial charge in [0.25, 0.3) is 0 Å². The van der Waals surface area contributed by atoms with E-state index in [2.05, 4.69) is 20.3 Å². The number of amides is 1. The van der Waals surface area contributed by atoms with Gasteiger partial charge in [-0.15, -0.1) is 10.2 Å². The topological polar surface area (TPSA) is 77.8 Å². The van der Waals surface area contributed by atoms with Gasteiger partial charge in [0.2, 0.25) is 5.91 Å². The predicted octanol–water partition coefficient (Wildman–Crippen LogP) is 3.69. The van der Waals surface area contributed by atoms with E-state index in [9.17, 15) is 26.7 Å². The minimum Gasteiger partial charge on any atom is -0.493 e. The second-order valence-electron chi connectivity index (χ2n) is 6.10. The average molecular weight is 442 g/mol. The summed E-state index contributed by atoms with van der Waals surface area (Å²) in [6.45, 7) is -3.18. The number of fused-ring (bicyclic) bond motifs is 1. The van der Waals surface area contributed by atoms with Gasteiger partial charge in [0, 0.05) is 12.3 Å². The van der Waals surface area contributed by atoms with Crippen molar-refractivity contribution < 1.29 is 36.2 Å². The summed E-state index contributed by atoms with van der Waals surface area (Å²) >= 11 is 0. The number of halogens is 5. The summed E-state index contributed by atoms with van der Waals surface area (Å²) in [6.07, 6.45) is -1.12. The largest absolute Gasteiger partial charge is 0.493 e. The van der Waals surface area contributed by atoms with Gasteiger partial charge in [0.05, 0.1) is 19.2 Å². The molecule has 1 aromatic carbocycles. The first-order valence-electron chi connectivity index (χ1n) is 8.67. The summed E-state index contributed by atoms with van der Waals surface area (Å²) in [5, 5.41) is 10.0. The number of aromatic nitrogens is 3. The quantitative estimate of drug-likeness (QED) is 0.446. The molecule has 0 spiro atoms. The maximum absolute atomic E-state index is 12.9. The molecular weight excluding hydrogens is 427 g/mol. The Morgan fingerprint density at radius 1 is 1.19 bits per heavy atom. The Morgan fingerprint density at radius 2 is 1.97 bits per heavy atom. The van der Waals surface area contributed by atoms with E-state index < -0.39 is 24.3 Å². The van der Waals surface area contributed by atoms with Gasteiger partial charge in [-0.25, -0.2) is 0 Å². The number of benzene rings is 1. The zero-order chi connectivity index (χ0) is 22.6. The zero-order valence-corrected chi connectivity index (χ0v) is 15.9. The lowest BCUT2D eigenvalue weighted by Gasteiger charge is -2.10. The molecule has 0 radical (unpaired) electrons. The van der Waals surface area contributed by atoms with Crippen LogP contribution in [-0.4, -0.2) is 34.2 Å². The molecule has 0 saturated heterocycles. The van der Waals surface area contributed by atoms with Crippen LogP contribution in [0.1, 0.15) is 17.0 Å². The Labute approximate surface area is 172 Å². The number of pyridine rings is 1. The standard InChI is InChI=1S/C19H15F5N4O3/c1-30-14-8-11(2-5-13(14)31-18(20)21)3-7-17(29)25-9-16-27-26-15-6-4-12(10-28(15)16)19(22,23)24/h2-8,10,18H,9H2,1H3,(H,25,29). The van der Waals surface area contributed by atoms with Crippen LogP contribution in [0.15, 0.2) is 42.6 Å². The Morgan fingerprint density at radius 3 is 2.65 bits per heavy atom. The molecule has 2 aromatic heterocycles. The molecule has 0 unspecified atom stereocenters. The lowest BCUT2D eigenvalue weighted by atomic mass is 10.2. The summed E-state index contributed by atoms with van der Waals surface area (Å²) in [7, 11) is 1.28. The summed E-state index contributed by atoms with van der Waals surface area (Å²) in [5.41, 5.74) is -0.206. The van der Waals surface area contributed by atoms with Gasteiger partial charge < -0.3 is 14.8 Å². The summed E-state index contributed by atoms with van der Waals surface area (Å²) < 4.78 is 73.8. The zero-order valence-electron chi connectivity index (χ0n) is 15.9. The molecule has 3 rings (SSSR count). The van der Waals surface area contributed by atoms with Crippen LogP contribution < -0.4 is 14.8 Å². The first-order chi connectivity index (χ1) is 14.7. The summed E-state index contributed by atoms with van der Waals surface area (Å²) in [6, 6.07) is 6.17. The van der Waals surface area contributed by atoms with E-state index in [1.54, 1.807) is 0 Å². The third-order valence-electron chi connectivity index (χ3n) is 4.05. The van der Waals surface area contributed by atoms with Crippen molar-refractivity contribution in [3.63, 3.8) is 0 Å². The van der Waals surface area contributed by atoms with E-state index in [4.69, 9.17) is 4.74 Å². The molecule has 2 heterocycles. The van der Waals surface area contributed by atoms with Gasteiger partial charge in [0.15, 0.2) is 23.0 Å². The number of hydrogen-bond donors (Lipinski definition) is 1. The normalized spacial score (nSPS) is 12.0. The van der Waals surface area contributed by atoms with E-state index in [-0.39, 0.29) is 29.5 Å². The molecule has 0 bridgehead atoms. The minimum absolute atomic E-state index is 0.0539. The summed E-state index contributed by atoms with van der Waals surface area (Å²) in [5.74, 6) is -0.553. The van der Waals surface area contributed by atoms with Crippen LogP contribution in [-0.2, 0) is 17.5 Å². The van der Waals surface area contributed by atoms with Gasteiger partial charge in [-0.2, -0.15) is 22.0 Å². The molecule has 0 saturated carbocycles. The molecule has 3 aromatic rings. The van der Waals surface area contributed by atoms with Crippen LogP contribution in [0.25, 0.3) is 11.7 Å². The number of nitrogens with zero attached hydrogens (tertiary/aromatic N) is 3. The van der Waals surface area contributed by atoms with Crippen molar-refractivity contribution in [3.05, 3.63) is 59.6 Å². The number of rotatable bonds is 7. The molecule has 12 heteroatoms. The maximum Gasteiger partial charge on any atom is 0.417 e. The fraction of sp³-hybridized carbons (Fsp3) is 0.211. The molecule has 31 heavy (non-hydrogen) atoms. The highest BCUT2D eigenvalue weighted by molar-refractivity contribution is 5.91. The van der Waals surface area contributed by atoms with E-state index in [1.807, 2.05) is 0 Å². The van der Waals surface area contributed by atoms with Gasteiger partial charge in [0.1, 0.15) is 0 Å². The van der Waals surface area contributed by atoms with Gasteiger partial charge in [-0.1, -0.05) is 6.07 Å². The Bertz CT molecular complexity index is 1110. The number of methoxy groups -OCH3 is 1. The van der Waals surface area contributed by atoms with Gasteiger partial charge in [-0.05, 0) is 35.9 Å². The molecule has 0 aliphatic carbocycles.